The Hall–Kier alpha value is -1.44. The van der Waals surface area contributed by atoms with Crippen LogP contribution in [0.4, 0.5) is 5.69 Å². The molecule has 2 aromatic carbocycles. The van der Waals surface area contributed by atoms with Crippen molar-refractivity contribution in [3.8, 4) is 11.5 Å². The highest BCUT2D eigenvalue weighted by atomic mass is 79.9. The number of nitrogens with one attached hydrogen (secondary N) is 1. The average Bonchev–Trinajstić information content (AvgIpc) is 2.86. The maximum atomic E-state index is 12.4. The Labute approximate surface area is 135 Å². The molecule has 0 unspecified atom stereocenters. The minimum Gasteiger partial charge on any atom is -0.454 e. The first-order valence-electron chi connectivity index (χ1n) is 5.84. The molecule has 0 spiro atoms. The van der Waals surface area contributed by atoms with E-state index in [0.29, 0.717) is 16.0 Å². The van der Waals surface area contributed by atoms with Gasteiger partial charge in [0.05, 0.1) is 10.7 Å². The third-order valence-corrected chi connectivity index (χ3v) is 5.52. The molecule has 0 radical (unpaired) electrons. The van der Waals surface area contributed by atoms with E-state index in [4.69, 9.17) is 21.1 Å². The lowest BCUT2D eigenvalue weighted by molar-refractivity contribution is 0.174. The molecule has 8 heteroatoms. The zero-order chi connectivity index (χ0) is 15.0. The van der Waals surface area contributed by atoms with Crippen LogP contribution in [0.2, 0.25) is 5.02 Å². The zero-order valence-corrected chi connectivity index (χ0v) is 13.6. The summed E-state index contributed by atoms with van der Waals surface area (Å²) >= 11 is 9.28. The first kappa shape index (κ1) is 14.5. The van der Waals surface area contributed by atoms with E-state index < -0.39 is 10.0 Å². The summed E-state index contributed by atoms with van der Waals surface area (Å²) in [6, 6.07) is 9.53. The van der Waals surface area contributed by atoms with Gasteiger partial charge in [-0.3, -0.25) is 4.72 Å². The Kier molecular flexibility index (Phi) is 3.73. The smallest absolute Gasteiger partial charge is 0.263 e. The van der Waals surface area contributed by atoms with Crippen molar-refractivity contribution in [2.45, 2.75) is 4.90 Å². The molecule has 1 heterocycles. The highest BCUT2D eigenvalue weighted by Gasteiger charge is 2.22. The van der Waals surface area contributed by atoms with Crippen molar-refractivity contribution in [3.63, 3.8) is 0 Å². The van der Waals surface area contributed by atoms with Gasteiger partial charge in [0, 0.05) is 16.6 Å². The summed E-state index contributed by atoms with van der Waals surface area (Å²) in [5.74, 6) is 0.938. The standard InChI is InChI=1S/C13H9BrClNO4S/c14-8-3-1-2-4-13(8)21(17,18)16-10-6-12-11(5-9(10)15)19-7-20-12/h1-6,16H,7H2. The molecule has 0 aliphatic carbocycles. The number of hydrogen-bond acceptors (Lipinski definition) is 4. The molecule has 0 bridgehead atoms. The van der Waals surface area contributed by atoms with E-state index in [-0.39, 0.29) is 22.4 Å². The molecule has 0 saturated carbocycles. The van der Waals surface area contributed by atoms with Crippen LogP contribution in [-0.2, 0) is 10.0 Å². The number of hydrogen-bond donors (Lipinski definition) is 1. The fourth-order valence-corrected chi connectivity index (χ4v) is 4.19. The van der Waals surface area contributed by atoms with Crippen LogP contribution in [0.15, 0.2) is 45.8 Å². The van der Waals surface area contributed by atoms with Crippen molar-refractivity contribution >= 4 is 43.2 Å². The Morgan fingerprint density at radius 2 is 1.81 bits per heavy atom. The van der Waals surface area contributed by atoms with E-state index in [9.17, 15) is 8.42 Å². The summed E-state index contributed by atoms with van der Waals surface area (Å²) in [5, 5.41) is 0.231. The molecule has 0 atom stereocenters. The van der Waals surface area contributed by atoms with E-state index in [2.05, 4.69) is 20.7 Å². The highest BCUT2D eigenvalue weighted by molar-refractivity contribution is 9.10. The molecule has 3 rings (SSSR count). The second-order valence-electron chi connectivity index (χ2n) is 4.22. The fourth-order valence-electron chi connectivity index (χ4n) is 1.86. The molecule has 21 heavy (non-hydrogen) atoms. The quantitative estimate of drug-likeness (QED) is 0.869. The van der Waals surface area contributed by atoms with Crippen LogP contribution in [-0.4, -0.2) is 15.2 Å². The van der Waals surface area contributed by atoms with Gasteiger partial charge in [0.15, 0.2) is 11.5 Å². The lowest BCUT2D eigenvalue weighted by atomic mass is 10.3. The first-order chi connectivity index (χ1) is 9.97. The van der Waals surface area contributed by atoms with Crippen molar-refractivity contribution in [2.24, 2.45) is 0 Å². The number of rotatable bonds is 3. The Morgan fingerprint density at radius 3 is 2.52 bits per heavy atom. The SMILES string of the molecule is O=S(=O)(Nc1cc2c(cc1Cl)OCO2)c1ccccc1Br. The number of sulfonamides is 1. The topological polar surface area (TPSA) is 64.6 Å². The van der Waals surface area contributed by atoms with Gasteiger partial charge in [-0.25, -0.2) is 8.42 Å². The number of ether oxygens (including phenoxy) is 2. The van der Waals surface area contributed by atoms with Crippen LogP contribution in [0.1, 0.15) is 0 Å². The van der Waals surface area contributed by atoms with Gasteiger partial charge in [0.2, 0.25) is 6.79 Å². The molecule has 1 N–H and O–H groups in total. The van der Waals surface area contributed by atoms with E-state index in [0.717, 1.165) is 0 Å². The van der Waals surface area contributed by atoms with Gasteiger partial charge < -0.3 is 9.47 Å². The van der Waals surface area contributed by atoms with Crippen LogP contribution in [0.5, 0.6) is 11.5 Å². The van der Waals surface area contributed by atoms with Gasteiger partial charge in [-0.05, 0) is 28.1 Å². The monoisotopic (exact) mass is 389 g/mol. The summed E-state index contributed by atoms with van der Waals surface area (Å²) < 4.78 is 38.1. The maximum Gasteiger partial charge on any atom is 0.263 e. The van der Waals surface area contributed by atoms with Gasteiger partial charge >= 0.3 is 0 Å². The Balaban J connectivity index is 1.99. The van der Waals surface area contributed by atoms with E-state index >= 15 is 0 Å². The molecule has 110 valence electrons. The minimum atomic E-state index is -3.76. The second-order valence-corrected chi connectivity index (χ2v) is 7.13. The third-order valence-electron chi connectivity index (χ3n) is 2.83. The summed E-state index contributed by atoms with van der Waals surface area (Å²) in [5.41, 5.74) is 0.233. The van der Waals surface area contributed by atoms with E-state index in [1.807, 2.05) is 0 Å². The molecule has 5 nitrogen and oxygen atoms in total. The fraction of sp³-hybridized carbons (Fsp3) is 0.0769. The minimum absolute atomic E-state index is 0.0894. The van der Waals surface area contributed by atoms with Crippen LogP contribution in [0.3, 0.4) is 0 Å². The number of anilines is 1. The largest absolute Gasteiger partial charge is 0.454 e. The Morgan fingerprint density at radius 1 is 1.14 bits per heavy atom. The van der Waals surface area contributed by atoms with Crippen LogP contribution in [0, 0.1) is 0 Å². The summed E-state index contributed by atoms with van der Waals surface area (Å²) in [6.45, 7) is 0.0894. The summed E-state index contributed by atoms with van der Waals surface area (Å²) in [7, 11) is -3.76. The average molecular weight is 391 g/mol. The van der Waals surface area contributed by atoms with E-state index in [1.165, 1.54) is 18.2 Å². The molecule has 0 amide bonds. The summed E-state index contributed by atoms with van der Waals surface area (Å²) in [6.07, 6.45) is 0. The first-order valence-corrected chi connectivity index (χ1v) is 8.49. The van der Waals surface area contributed by atoms with Gasteiger partial charge in [-0.2, -0.15) is 0 Å². The van der Waals surface area contributed by atoms with Crippen molar-refractivity contribution in [1.29, 1.82) is 0 Å². The van der Waals surface area contributed by atoms with Crippen LogP contribution >= 0.6 is 27.5 Å². The van der Waals surface area contributed by atoms with E-state index in [1.54, 1.807) is 18.2 Å². The lowest BCUT2D eigenvalue weighted by Crippen LogP contribution is -2.13. The molecule has 1 aliphatic heterocycles. The molecule has 0 aromatic heterocycles. The second kappa shape index (κ2) is 5.40. The van der Waals surface area contributed by atoms with Gasteiger partial charge in [-0.1, -0.05) is 23.7 Å². The molecule has 1 aliphatic rings. The molecule has 0 fully saturated rings. The maximum absolute atomic E-state index is 12.4. The van der Waals surface area contributed by atoms with Gasteiger partial charge in [0.1, 0.15) is 4.90 Å². The van der Waals surface area contributed by atoms with Crippen molar-refractivity contribution in [1.82, 2.24) is 0 Å². The molecular weight excluding hydrogens is 382 g/mol. The number of halogens is 2. The highest BCUT2D eigenvalue weighted by Crippen LogP contribution is 2.40. The number of fused-ring (bicyclic) bond motifs is 1. The lowest BCUT2D eigenvalue weighted by Gasteiger charge is -2.11. The van der Waals surface area contributed by atoms with Gasteiger partial charge in [-0.15, -0.1) is 0 Å². The van der Waals surface area contributed by atoms with Crippen LogP contribution in [0.25, 0.3) is 0 Å². The predicted molar refractivity (Wildman–Crippen MR) is 82.5 cm³/mol. The molecule has 0 saturated heterocycles. The molecule has 2 aromatic rings. The Bertz CT molecular complexity index is 810. The zero-order valence-electron chi connectivity index (χ0n) is 10.5. The molecular formula is C13H9BrClNO4S. The summed E-state index contributed by atoms with van der Waals surface area (Å²) in [4.78, 5) is 0.124. The van der Waals surface area contributed by atoms with Crippen LogP contribution < -0.4 is 14.2 Å². The predicted octanol–water partition coefficient (Wildman–Crippen LogP) is 3.63. The number of benzene rings is 2. The van der Waals surface area contributed by atoms with Crippen molar-refractivity contribution < 1.29 is 17.9 Å². The normalized spacial score (nSPS) is 13.2. The third kappa shape index (κ3) is 2.81. The van der Waals surface area contributed by atoms with Gasteiger partial charge in [0.25, 0.3) is 10.0 Å². The van der Waals surface area contributed by atoms with Crippen molar-refractivity contribution in [2.75, 3.05) is 11.5 Å². The van der Waals surface area contributed by atoms with Crippen molar-refractivity contribution in [3.05, 3.63) is 45.9 Å².